The number of tetrazole rings is 1. The fourth-order valence-electron chi connectivity index (χ4n) is 9.08. The molecule has 4 aliphatic rings. The quantitative estimate of drug-likeness (QED) is 0.415. The Kier molecular flexibility index (Phi) is 8.28. The summed E-state index contributed by atoms with van der Waals surface area (Å²) in [6.07, 6.45) is 26.0. The molecule has 0 amide bonds. The molecule has 37 heavy (non-hydrogen) atoms. The van der Waals surface area contributed by atoms with Crippen LogP contribution in [0.15, 0.2) is 0 Å². The standard InChI is InChI=1S/C31H50N6/c1-2-37-30(24-15-7-4-8-16-24)29(23-13-5-3-6-14-23)32-31(37)27-19-10-9-18-26(27)25-17-11-12-22(20-25)21-28-33-35-36-34-28/h22-27H,2-21H2,1H3,(H,33,34,35,36). The van der Waals surface area contributed by atoms with Gasteiger partial charge in [0, 0.05) is 36.4 Å². The second kappa shape index (κ2) is 12.0. The Morgan fingerprint density at radius 1 is 0.784 bits per heavy atom. The van der Waals surface area contributed by atoms with Crippen molar-refractivity contribution in [2.75, 3.05) is 0 Å². The number of nitrogens with zero attached hydrogens (tertiary/aromatic N) is 5. The highest BCUT2D eigenvalue weighted by atomic mass is 15.5. The molecule has 0 aromatic carbocycles. The smallest absolute Gasteiger partial charge is 0.174 e. The van der Waals surface area contributed by atoms with Gasteiger partial charge in [-0.2, -0.15) is 5.21 Å². The molecule has 0 radical (unpaired) electrons. The van der Waals surface area contributed by atoms with Gasteiger partial charge in [0.1, 0.15) is 5.82 Å². The predicted molar refractivity (Wildman–Crippen MR) is 148 cm³/mol. The topological polar surface area (TPSA) is 72.3 Å². The minimum atomic E-state index is 0.655. The summed E-state index contributed by atoms with van der Waals surface area (Å²) >= 11 is 0. The zero-order valence-electron chi connectivity index (χ0n) is 23.3. The van der Waals surface area contributed by atoms with Crippen LogP contribution in [0, 0.1) is 17.8 Å². The van der Waals surface area contributed by atoms with E-state index in [9.17, 15) is 0 Å². The van der Waals surface area contributed by atoms with E-state index in [1.807, 2.05) is 0 Å². The summed E-state index contributed by atoms with van der Waals surface area (Å²) in [4.78, 5) is 5.76. The molecule has 4 fully saturated rings. The molecule has 4 saturated carbocycles. The molecule has 1 N–H and O–H groups in total. The first kappa shape index (κ1) is 25.6. The van der Waals surface area contributed by atoms with Crippen LogP contribution >= 0.6 is 0 Å². The van der Waals surface area contributed by atoms with Gasteiger partial charge in [-0.25, -0.2) is 4.98 Å². The molecular weight excluding hydrogens is 456 g/mol. The van der Waals surface area contributed by atoms with Crippen molar-refractivity contribution in [2.45, 2.75) is 153 Å². The van der Waals surface area contributed by atoms with Gasteiger partial charge in [-0.05, 0) is 76.0 Å². The van der Waals surface area contributed by atoms with Gasteiger partial charge in [-0.15, -0.1) is 10.2 Å². The van der Waals surface area contributed by atoms with Gasteiger partial charge in [0.2, 0.25) is 0 Å². The monoisotopic (exact) mass is 506 g/mol. The zero-order chi connectivity index (χ0) is 25.0. The van der Waals surface area contributed by atoms with Crippen LogP contribution in [-0.4, -0.2) is 30.2 Å². The molecule has 2 aromatic rings. The highest BCUT2D eigenvalue weighted by molar-refractivity contribution is 5.28. The average molecular weight is 507 g/mol. The van der Waals surface area contributed by atoms with Gasteiger partial charge in [-0.1, -0.05) is 69.4 Å². The van der Waals surface area contributed by atoms with E-state index in [2.05, 4.69) is 32.1 Å². The normalized spacial score (nSPS) is 30.5. The first-order chi connectivity index (χ1) is 18.3. The van der Waals surface area contributed by atoms with Gasteiger partial charge in [0.25, 0.3) is 0 Å². The van der Waals surface area contributed by atoms with Gasteiger partial charge in [0.15, 0.2) is 5.82 Å². The molecule has 2 heterocycles. The molecule has 4 atom stereocenters. The Hall–Kier alpha value is -1.72. The Balaban J connectivity index is 1.30. The number of rotatable bonds is 7. The summed E-state index contributed by atoms with van der Waals surface area (Å²) in [5.74, 6) is 6.87. The van der Waals surface area contributed by atoms with Crippen LogP contribution in [0.5, 0.6) is 0 Å². The second-order valence-corrected chi connectivity index (χ2v) is 13.0. The molecule has 4 aliphatic carbocycles. The first-order valence-electron chi connectivity index (χ1n) is 16.1. The number of hydrogen-bond donors (Lipinski definition) is 1. The van der Waals surface area contributed by atoms with Gasteiger partial charge in [-0.3, -0.25) is 0 Å². The van der Waals surface area contributed by atoms with Crippen LogP contribution in [0.25, 0.3) is 0 Å². The maximum Gasteiger partial charge on any atom is 0.174 e. The minimum Gasteiger partial charge on any atom is -0.332 e. The Bertz CT molecular complexity index is 968. The van der Waals surface area contributed by atoms with Crippen LogP contribution < -0.4 is 0 Å². The average Bonchev–Trinajstić information content (AvgIpc) is 3.62. The van der Waals surface area contributed by atoms with E-state index in [0.29, 0.717) is 17.8 Å². The van der Waals surface area contributed by atoms with E-state index >= 15 is 0 Å². The zero-order valence-corrected chi connectivity index (χ0v) is 23.3. The molecule has 204 valence electrons. The lowest BCUT2D eigenvalue weighted by molar-refractivity contribution is 0.133. The summed E-state index contributed by atoms with van der Waals surface area (Å²) in [5.41, 5.74) is 3.26. The lowest BCUT2D eigenvalue weighted by Crippen LogP contribution is -2.31. The van der Waals surface area contributed by atoms with Crippen LogP contribution in [0.3, 0.4) is 0 Å². The highest BCUT2D eigenvalue weighted by Crippen LogP contribution is 2.49. The van der Waals surface area contributed by atoms with E-state index in [4.69, 9.17) is 4.98 Å². The molecule has 6 heteroatoms. The first-order valence-corrected chi connectivity index (χ1v) is 16.1. The van der Waals surface area contributed by atoms with Crippen molar-refractivity contribution in [3.05, 3.63) is 23.0 Å². The van der Waals surface area contributed by atoms with E-state index in [1.54, 1.807) is 11.4 Å². The van der Waals surface area contributed by atoms with E-state index in [-0.39, 0.29) is 0 Å². The van der Waals surface area contributed by atoms with Crippen molar-refractivity contribution in [1.29, 1.82) is 0 Å². The Labute approximate surface area is 224 Å². The van der Waals surface area contributed by atoms with E-state index in [1.165, 1.54) is 121 Å². The number of nitrogens with one attached hydrogen (secondary N) is 1. The van der Waals surface area contributed by atoms with Crippen LogP contribution in [0.4, 0.5) is 0 Å². The lowest BCUT2D eigenvalue weighted by Gasteiger charge is -2.41. The van der Waals surface area contributed by atoms with E-state index in [0.717, 1.165) is 36.5 Å². The largest absolute Gasteiger partial charge is 0.332 e. The molecule has 4 unspecified atom stereocenters. The summed E-state index contributed by atoms with van der Waals surface area (Å²) in [6, 6.07) is 0. The van der Waals surface area contributed by atoms with Crippen molar-refractivity contribution in [2.24, 2.45) is 17.8 Å². The number of hydrogen-bond acceptors (Lipinski definition) is 4. The maximum atomic E-state index is 5.76. The SMILES string of the molecule is CCn1c(C2CCCCC2C2CCCC(Cc3nn[nH]n3)C2)nc(C2CCCCC2)c1C1CCCCC1. The second-order valence-electron chi connectivity index (χ2n) is 13.0. The van der Waals surface area contributed by atoms with Crippen molar-refractivity contribution < 1.29 is 0 Å². The third-order valence-electron chi connectivity index (χ3n) is 10.8. The minimum absolute atomic E-state index is 0.655. The number of aromatic amines is 1. The van der Waals surface area contributed by atoms with Crippen molar-refractivity contribution in [3.63, 3.8) is 0 Å². The molecule has 6 nitrogen and oxygen atoms in total. The molecule has 2 aromatic heterocycles. The van der Waals surface area contributed by atoms with Crippen molar-refractivity contribution in [3.8, 4) is 0 Å². The maximum absolute atomic E-state index is 5.76. The molecule has 6 rings (SSSR count). The summed E-state index contributed by atoms with van der Waals surface area (Å²) in [6.45, 7) is 3.51. The third kappa shape index (κ3) is 5.54. The van der Waals surface area contributed by atoms with E-state index < -0.39 is 0 Å². The Morgan fingerprint density at radius 2 is 1.51 bits per heavy atom. The van der Waals surface area contributed by atoms with Crippen LogP contribution in [0.2, 0.25) is 0 Å². The van der Waals surface area contributed by atoms with Crippen LogP contribution in [0.1, 0.15) is 163 Å². The number of H-pyrrole nitrogens is 1. The molecule has 0 spiro atoms. The Morgan fingerprint density at radius 3 is 2.24 bits per heavy atom. The van der Waals surface area contributed by atoms with Gasteiger partial charge in [0.05, 0.1) is 5.69 Å². The molecule has 0 aliphatic heterocycles. The van der Waals surface area contributed by atoms with Gasteiger partial charge < -0.3 is 4.57 Å². The molecule has 0 saturated heterocycles. The summed E-state index contributed by atoms with van der Waals surface area (Å²) in [7, 11) is 0. The molecule has 0 bridgehead atoms. The highest BCUT2D eigenvalue weighted by Gasteiger charge is 2.40. The number of aromatic nitrogens is 6. The third-order valence-corrected chi connectivity index (χ3v) is 10.8. The fourth-order valence-corrected chi connectivity index (χ4v) is 9.08. The van der Waals surface area contributed by atoms with Crippen LogP contribution in [-0.2, 0) is 13.0 Å². The summed E-state index contributed by atoms with van der Waals surface area (Å²) in [5, 5.41) is 15.0. The van der Waals surface area contributed by atoms with Gasteiger partial charge >= 0.3 is 0 Å². The number of imidazole rings is 1. The lowest BCUT2D eigenvalue weighted by atomic mass is 9.65. The van der Waals surface area contributed by atoms with Crippen molar-refractivity contribution in [1.82, 2.24) is 30.2 Å². The summed E-state index contributed by atoms with van der Waals surface area (Å²) < 4.78 is 2.79. The van der Waals surface area contributed by atoms with Crippen molar-refractivity contribution >= 4 is 0 Å². The molecular formula is C31H50N6. The predicted octanol–water partition coefficient (Wildman–Crippen LogP) is 7.83. The fraction of sp³-hybridized carbons (Fsp3) is 0.871.